The van der Waals surface area contributed by atoms with Crippen molar-refractivity contribution in [3.63, 3.8) is 0 Å². The molecule has 0 aromatic rings. The number of rotatable bonds is 46. The molecule has 0 N–H and O–H groups in total. The smallest absolute Gasteiger partial charge is 0.306 e. The summed E-state index contributed by atoms with van der Waals surface area (Å²) >= 11 is 0. The second-order valence-corrected chi connectivity index (χ2v) is 17.1. The third kappa shape index (κ3) is 43.5. The molecule has 0 fully saturated rings. The maximum atomic E-state index is 12.7. The maximum absolute atomic E-state index is 12.7. The molecule has 0 radical (unpaired) electrons. The van der Waals surface area contributed by atoms with Crippen LogP contribution in [0.4, 0.5) is 0 Å². The third-order valence-electron chi connectivity index (χ3n) is 11.4. The van der Waals surface area contributed by atoms with E-state index in [9.17, 15) is 14.4 Å². The molecule has 56 heavy (non-hydrogen) atoms. The Kier molecular flexibility index (Phi) is 44.8. The topological polar surface area (TPSA) is 78.9 Å². The molecule has 1 atom stereocenters. The largest absolute Gasteiger partial charge is 0.462 e. The molecule has 0 saturated carbocycles. The summed E-state index contributed by atoms with van der Waals surface area (Å²) in [5.74, 6) is -0.848. The lowest BCUT2D eigenvalue weighted by Gasteiger charge is -2.18. The van der Waals surface area contributed by atoms with Gasteiger partial charge in [-0.05, 0) is 19.3 Å². The van der Waals surface area contributed by atoms with E-state index in [-0.39, 0.29) is 31.1 Å². The highest BCUT2D eigenvalue weighted by Crippen LogP contribution is 2.16. The van der Waals surface area contributed by atoms with Crippen molar-refractivity contribution in [2.75, 3.05) is 13.2 Å². The third-order valence-corrected chi connectivity index (χ3v) is 11.4. The molecule has 0 bridgehead atoms. The quantitative estimate of drug-likeness (QED) is 0.0347. The summed E-state index contributed by atoms with van der Waals surface area (Å²) < 4.78 is 16.7. The minimum Gasteiger partial charge on any atom is -0.462 e. The number of carbonyl (C=O) groups is 3. The van der Waals surface area contributed by atoms with E-state index in [1.807, 2.05) is 0 Å². The van der Waals surface area contributed by atoms with Crippen LogP contribution in [0.15, 0.2) is 0 Å². The summed E-state index contributed by atoms with van der Waals surface area (Å²) in [6.45, 7) is 6.65. The lowest BCUT2D eigenvalue weighted by atomic mass is 10.0. The second-order valence-electron chi connectivity index (χ2n) is 17.1. The first kappa shape index (κ1) is 54.4. The SMILES string of the molecule is CCCCCCCCCCCCCCCCCCCCC(=O)OC[C@@H](COC(=O)CCCCCCCCCCCC)OC(=O)CCCCCCCCCCCC. The Bertz CT molecular complexity index is 828. The highest BCUT2D eigenvalue weighted by molar-refractivity contribution is 5.71. The van der Waals surface area contributed by atoms with Crippen LogP contribution in [0.5, 0.6) is 0 Å². The van der Waals surface area contributed by atoms with Gasteiger partial charge in [-0.3, -0.25) is 14.4 Å². The molecule has 6 nitrogen and oxygen atoms in total. The van der Waals surface area contributed by atoms with Gasteiger partial charge in [0.2, 0.25) is 0 Å². The van der Waals surface area contributed by atoms with Crippen LogP contribution in [0.3, 0.4) is 0 Å². The Morgan fingerprint density at radius 3 is 0.714 bits per heavy atom. The standard InChI is InChI=1S/C50H96O6/c1-4-7-10-13-16-19-22-23-24-25-26-27-28-29-32-34-37-40-43-49(52)55-46-47(56-50(53)44-41-38-35-31-21-18-15-12-9-6-3)45-54-48(51)42-39-36-33-30-20-17-14-11-8-5-2/h47H,4-46H2,1-3H3/t47-/m1/s1. The molecule has 0 rings (SSSR count). The molecule has 0 aromatic carbocycles. The van der Waals surface area contributed by atoms with Gasteiger partial charge in [0.1, 0.15) is 13.2 Å². The van der Waals surface area contributed by atoms with Gasteiger partial charge in [0.25, 0.3) is 0 Å². The van der Waals surface area contributed by atoms with Crippen molar-refractivity contribution in [1.82, 2.24) is 0 Å². The molecule has 0 aromatic heterocycles. The van der Waals surface area contributed by atoms with Gasteiger partial charge in [-0.1, -0.05) is 245 Å². The van der Waals surface area contributed by atoms with Crippen molar-refractivity contribution in [3.8, 4) is 0 Å². The molecule has 6 heteroatoms. The molecule has 0 aliphatic heterocycles. The fourth-order valence-electron chi connectivity index (χ4n) is 7.56. The summed E-state index contributed by atoms with van der Waals surface area (Å²) in [5, 5.41) is 0. The van der Waals surface area contributed by atoms with E-state index in [4.69, 9.17) is 14.2 Å². The average molecular weight is 793 g/mol. The predicted octanol–water partition coefficient (Wildman–Crippen LogP) is 16.0. The molecular weight excluding hydrogens is 697 g/mol. The van der Waals surface area contributed by atoms with Gasteiger partial charge >= 0.3 is 17.9 Å². The van der Waals surface area contributed by atoms with Crippen LogP contribution in [0.1, 0.15) is 284 Å². The fraction of sp³-hybridized carbons (Fsp3) is 0.940. The summed E-state index contributed by atoms with van der Waals surface area (Å²) in [7, 11) is 0. The molecule has 0 spiro atoms. The van der Waals surface area contributed by atoms with Gasteiger partial charge in [-0.2, -0.15) is 0 Å². The Hall–Kier alpha value is -1.59. The number of unbranched alkanes of at least 4 members (excludes halogenated alkanes) is 35. The van der Waals surface area contributed by atoms with Gasteiger partial charge in [0.05, 0.1) is 0 Å². The van der Waals surface area contributed by atoms with Crippen LogP contribution in [0.2, 0.25) is 0 Å². The first-order chi connectivity index (χ1) is 27.5. The Morgan fingerprint density at radius 2 is 0.482 bits per heavy atom. The zero-order valence-electron chi connectivity index (χ0n) is 37.9. The van der Waals surface area contributed by atoms with Crippen molar-refractivity contribution in [2.24, 2.45) is 0 Å². The second kappa shape index (κ2) is 46.1. The monoisotopic (exact) mass is 793 g/mol. The Morgan fingerprint density at radius 1 is 0.286 bits per heavy atom. The highest BCUT2D eigenvalue weighted by Gasteiger charge is 2.19. The lowest BCUT2D eigenvalue weighted by Crippen LogP contribution is -2.30. The van der Waals surface area contributed by atoms with Crippen LogP contribution in [-0.2, 0) is 28.6 Å². The summed E-state index contributed by atoms with van der Waals surface area (Å²) in [6.07, 6.45) is 48.0. The normalized spacial score (nSPS) is 11.8. The van der Waals surface area contributed by atoms with Crippen molar-refractivity contribution in [3.05, 3.63) is 0 Å². The highest BCUT2D eigenvalue weighted by atomic mass is 16.6. The zero-order valence-corrected chi connectivity index (χ0v) is 37.9. The van der Waals surface area contributed by atoms with Crippen LogP contribution in [-0.4, -0.2) is 37.2 Å². The van der Waals surface area contributed by atoms with Crippen molar-refractivity contribution in [2.45, 2.75) is 290 Å². The van der Waals surface area contributed by atoms with E-state index in [0.717, 1.165) is 57.8 Å². The van der Waals surface area contributed by atoms with E-state index in [1.54, 1.807) is 0 Å². The van der Waals surface area contributed by atoms with E-state index in [0.29, 0.717) is 19.3 Å². The molecule has 0 amide bonds. The summed E-state index contributed by atoms with van der Waals surface area (Å²) in [6, 6.07) is 0. The number of hydrogen-bond donors (Lipinski definition) is 0. The van der Waals surface area contributed by atoms with Crippen LogP contribution in [0.25, 0.3) is 0 Å². The molecular formula is C50H96O6. The minimum absolute atomic E-state index is 0.0623. The first-order valence-electron chi connectivity index (χ1n) is 25.0. The minimum atomic E-state index is -0.758. The van der Waals surface area contributed by atoms with Crippen LogP contribution < -0.4 is 0 Å². The van der Waals surface area contributed by atoms with Gasteiger partial charge in [0, 0.05) is 19.3 Å². The Balaban J connectivity index is 4.21. The molecule has 0 saturated heterocycles. The molecule has 0 heterocycles. The maximum Gasteiger partial charge on any atom is 0.306 e. The van der Waals surface area contributed by atoms with Crippen LogP contribution in [0, 0.1) is 0 Å². The van der Waals surface area contributed by atoms with Gasteiger partial charge in [0.15, 0.2) is 6.10 Å². The molecule has 332 valence electrons. The molecule has 0 unspecified atom stereocenters. The van der Waals surface area contributed by atoms with E-state index in [1.165, 1.54) is 186 Å². The van der Waals surface area contributed by atoms with Crippen LogP contribution >= 0.6 is 0 Å². The predicted molar refractivity (Wildman–Crippen MR) is 238 cm³/mol. The van der Waals surface area contributed by atoms with Crippen molar-refractivity contribution >= 4 is 17.9 Å². The van der Waals surface area contributed by atoms with E-state index >= 15 is 0 Å². The number of hydrogen-bond acceptors (Lipinski definition) is 6. The number of carbonyl (C=O) groups excluding carboxylic acids is 3. The van der Waals surface area contributed by atoms with Crippen molar-refractivity contribution in [1.29, 1.82) is 0 Å². The number of ether oxygens (including phenoxy) is 3. The van der Waals surface area contributed by atoms with Gasteiger partial charge in [-0.25, -0.2) is 0 Å². The first-order valence-corrected chi connectivity index (χ1v) is 25.0. The Labute approximate surface area is 348 Å². The van der Waals surface area contributed by atoms with Crippen molar-refractivity contribution < 1.29 is 28.6 Å². The zero-order chi connectivity index (χ0) is 40.8. The van der Waals surface area contributed by atoms with E-state index in [2.05, 4.69) is 20.8 Å². The molecule has 0 aliphatic rings. The summed E-state index contributed by atoms with van der Waals surface area (Å²) in [4.78, 5) is 37.8. The lowest BCUT2D eigenvalue weighted by molar-refractivity contribution is -0.167. The molecule has 0 aliphatic carbocycles. The summed E-state index contributed by atoms with van der Waals surface area (Å²) in [5.41, 5.74) is 0. The fourth-order valence-corrected chi connectivity index (χ4v) is 7.56. The average Bonchev–Trinajstić information content (AvgIpc) is 3.19. The van der Waals surface area contributed by atoms with E-state index < -0.39 is 6.10 Å². The van der Waals surface area contributed by atoms with Gasteiger partial charge < -0.3 is 14.2 Å². The van der Waals surface area contributed by atoms with Gasteiger partial charge in [-0.15, -0.1) is 0 Å². The number of esters is 3.